The normalized spacial score (nSPS) is 10.4. The van der Waals surface area contributed by atoms with Gasteiger partial charge in [0.1, 0.15) is 11.6 Å². The minimum Gasteiger partial charge on any atom is -0.483 e. The molecule has 142 valence electrons. The first-order valence-electron chi connectivity index (χ1n) is 8.51. The molecule has 0 heterocycles. The van der Waals surface area contributed by atoms with E-state index >= 15 is 0 Å². The molecule has 0 fully saturated rings. The lowest BCUT2D eigenvalue weighted by atomic mass is 10.0. The third-order valence-corrected chi connectivity index (χ3v) is 4.20. The van der Waals surface area contributed by atoms with E-state index in [9.17, 15) is 9.18 Å². The maximum Gasteiger partial charge on any atom is 0.255 e. The third kappa shape index (κ3) is 5.42. The van der Waals surface area contributed by atoms with E-state index in [0.29, 0.717) is 30.8 Å². The zero-order chi connectivity index (χ0) is 18.4. The maximum atomic E-state index is 13.7. The second kappa shape index (κ2) is 9.90. The average molecular weight is 389 g/mol. The number of rotatable bonds is 8. The molecule has 0 aliphatic rings. The summed E-state index contributed by atoms with van der Waals surface area (Å²) in [6.45, 7) is 1.00. The topological polar surface area (TPSA) is 64.4 Å². The van der Waals surface area contributed by atoms with Crippen LogP contribution in [0.25, 0.3) is 10.8 Å². The zero-order valence-corrected chi connectivity index (χ0v) is 15.6. The molecule has 0 aromatic heterocycles. The average Bonchev–Trinajstić information content (AvgIpc) is 2.65. The molecule has 0 aliphatic carbocycles. The number of nitrogens with one attached hydrogen (secondary N) is 1. The smallest absolute Gasteiger partial charge is 0.255 e. The van der Waals surface area contributed by atoms with Crippen molar-refractivity contribution in [3.63, 3.8) is 0 Å². The summed E-state index contributed by atoms with van der Waals surface area (Å²) >= 11 is 0. The van der Waals surface area contributed by atoms with Crippen LogP contribution in [0.4, 0.5) is 4.39 Å². The van der Waals surface area contributed by atoms with Crippen LogP contribution in [0.2, 0.25) is 0 Å². The quantitative estimate of drug-likeness (QED) is 0.579. The number of nitrogens with two attached hydrogens (primary N) is 1. The molecule has 0 atom stereocenters. The van der Waals surface area contributed by atoms with Crippen LogP contribution in [0.15, 0.2) is 60.7 Å². The molecule has 3 aromatic rings. The zero-order valence-electron chi connectivity index (χ0n) is 14.8. The molecule has 0 saturated carbocycles. The molecular weight excluding hydrogens is 367 g/mol. The van der Waals surface area contributed by atoms with Crippen LogP contribution in [0.3, 0.4) is 0 Å². The second-order valence-electron chi connectivity index (χ2n) is 6.04. The Hall–Kier alpha value is -2.63. The number of benzene rings is 3. The lowest BCUT2D eigenvalue weighted by Gasteiger charge is -2.14. The highest BCUT2D eigenvalue weighted by Crippen LogP contribution is 2.28. The van der Waals surface area contributed by atoms with E-state index in [1.165, 1.54) is 6.07 Å². The summed E-state index contributed by atoms with van der Waals surface area (Å²) in [5, 5.41) is 5.47. The van der Waals surface area contributed by atoms with E-state index in [4.69, 9.17) is 10.5 Å². The molecule has 0 unspecified atom stereocenters. The molecule has 27 heavy (non-hydrogen) atoms. The Morgan fingerprint density at radius 2 is 1.78 bits per heavy atom. The Morgan fingerprint density at radius 1 is 1.04 bits per heavy atom. The van der Waals surface area contributed by atoms with Gasteiger partial charge in [0.25, 0.3) is 5.91 Å². The van der Waals surface area contributed by atoms with Gasteiger partial charge in [-0.1, -0.05) is 48.5 Å². The van der Waals surface area contributed by atoms with Crippen LogP contribution in [-0.4, -0.2) is 19.1 Å². The summed E-state index contributed by atoms with van der Waals surface area (Å²) in [5.41, 5.74) is 6.83. The standard InChI is InChI=1S/C21H21FN2O2.ClH/c22-19-8-4-2-6-16(19)11-12-24-13-18-17-7-3-1-5-15(17)9-10-20(18)26-14-21(23)25;/h1-10,24H,11-14H2,(H2,23,25);1H. The van der Waals surface area contributed by atoms with Gasteiger partial charge in [-0.05, 0) is 41.4 Å². The number of carbonyl (C=O) groups is 1. The largest absolute Gasteiger partial charge is 0.483 e. The van der Waals surface area contributed by atoms with Crippen LogP contribution in [0.1, 0.15) is 11.1 Å². The minimum atomic E-state index is -0.517. The van der Waals surface area contributed by atoms with Crippen molar-refractivity contribution in [2.75, 3.05) is 13.2 Å². The van der Waals surface area contributed by atoms with Crippen molar-refractivity contribution < 1.29 is 13.9 Å². The van der Waals surface area contributed by atoms with Crippen LogP contribution in [0, 0.1) is 5.82 Å². The molecule has 3 rings (SSSR count). The molecule has 4 nitrogen and oxygen atoms in total. The Labute approximate surface area is 163 Å². The van der Waals surface area contributed by atoms with Crippen molar-refractivity contribution in [1.82, 2.24) is 5.32 Å². The molecule has 0 saturated heterocycles. The van der Waals surface area contributed by atoms with E-state index in [2.05, 4.69) is 5.32 Å². The Morgan fingerprint density at radius 3 is 2.56 bits per heavy atom. The molecule has 3 aromatic carbocycles. The van der Waals surface area contributed by atoms with Crippen LogP contribution < -0.4 is 15.8 Å². The predicted octanol–water partition coefficient (Wildman–Crippen LogP) is 3.60. The first kappa shape index (κ1) is 20.7. The van der Waals surface area contributed by atoms with E-state index < -0.39 is 5.91 Å². The number of carbonyl (C=O) groups excluding carboxylic acids is 1. The van der Waals surface area contributed by atoms with Gasteiger partial charge in [0, 0.05) is 12.1 Å². The summed E-state index contributed by atoms with van der Waals surface area (Å²) in [5.74, 6) is -0.0811. The molecule has 0 spiro atoms. The van der Waals surface area contributed by atoms with Gasteiger partial charge in [0.2, 0.25) is 0 Å². The van der Waals surface area contributed by atoms with Gasteiger partial charge in [-0.15, -0.1) is 12.4 Å². The molecule has 0 bridgehead atoms. The SMILES string of the molecule is Cl.NC(=O)COc1ccc2ccccc2c1CNCCc1ccccc1F. The van der Waals surface area contributed by atoms with Crippen LogP contribution in [-0.2, 0) is 17.8 Å². The number of ether oxygens (including phenoxy) is 1. The van der Waals surface area contributed by atoms with Crippen molar-refractivity contribution in [3.05, 3.63) is 77.6 Å². The van der Waals surface area contributed by atoms with E-state index in [1.807, 2.05) is 42.5 Å². The van der Waals surface area contributed by atoms with Crippen LogP contribution >= 0.6 is 12.4 Å². The lowest BCUT2D eigenvalue weighted by molar-refractivity contribution is -0.119. The monoisotopic (exact) mass is 388 g/mol. The first-order chi connectivity index (χ1) is 12.6. The molecule has 1 amide bonds. The molecule has 0 aliphatic heterocycles. The summed E-state index contributed by atoms with van der Waals surface area (Å²) in [6, 6.07) is 18.5. The number of amides is 1. The van der Waals surface area contributed by atoms with E-state index in [0.717, 1.165) is 16.3 Å². The van der Waals surface area contributed by atoms with Gasteiger partial charge in [-0.2, -0.15) is 0 Å². The fourth-order valence-electron chi connectivity index (χ4n) is 2.92. The highest BCUT2D eigenvalue weighted by molar-refractivity contribution is 5.88. The Kier molecular flexibility index (Phi) is 7.58. The molecular formula is C21H22ClFN2O2. The van der Waals surface area contributed by atoms with Gasteiger partial charge >= 0.3 is 0 Å². The Balaban J connectivity index is 0.00000261. The molecule has 6 heteroatoms. The number of hydrogen-bond donors (Lipinski definition) is 2. The highest BCUT2D eigenvalue weighted by Gasteiger charge is 2.10. The summed E-state index contributed by atoms with van der Waals surface area (Å²) in [7, 11) is 0. The van der Waals surface area contributed by atoms with Gasteiger partial charge in [0.15, 0.2) is 6.61 Å². The summed E-state index contributed by atoms with van der Waals surface area (Å²) < 4.78 is 19.3. The van der Waals surface area contributed by atoms with Crippen molar-refractivity contribution in [2.45, 2.75) is 13.0 Å². The number of halogens is 2. The second-order valence-corrected chi connectivity index (χ2v) is 6.04. The fraction of sp³-hybridized carbons (Fsp3) is 0.190. The number of hydrogen-bond acceptors (Lipinski definition) is 3. The summed E-state index contributed by atoms with van der Waals surface area (Å²) in [4.78, 5) is 11.0. The molecule has 0 radical (unpaired) electrons. The predicted molar refractivity (Wildman–Crippen MR) is 108 cm³/mol. The van der Waals surface area contributed by atoms with Gasteiger partial charge in [-0.3, -0.25) is 4.79 Å². The van der Waals surface area contributed by atoms with Crippen molar-refractivity contribution >= 4 is 29.1 Å². The first-order valence-corrected chi connectivity index (χ1v) is 8.51. The van der Waals surface area contributed by atoms with Gasteiger partial charge in [0.05, 0.1) is 0 Å². The Bertz CT molecular complexity index is 918. The lowest BCUT2D eigenvalue weighted by Crippen LogP contribution is -2.22. The minimum absolute atomic E-state index is 0. The van der Waals surface area contributed by atoms with E-state index in [-0.39, 0.29) is 24.8 Å². The maximum absolute atomic E-state index is 13.7. The summed E-state index contributed by atoms with van der Waals surface area (Å²) in [6.07, 6.45) is 0.592. The fourth-order valence-corrected chi connectivity index (χ4v) is 2.92. The van der Waals surface area contributed by atoms with Crippen molar-refractivity contribution in [2.24, 2.45) is 5.73 Å². The van der Waals surface area contributed by atoms with Gasteiger partial charge < -0.3 is 15.8 Å². The third-order valence-electron chi connectivity index (χ3n) is 4.20. The number of fused-ring (bicyclic) bond motifs is 1. The van der Waals surface area contributed by atoms with E-state index in [1.54, 1.807) is 12.1 Å². The molecule has 3 N–H and O–H groups in total. The van der Waals surface area contributed by atoms with Gasteiger partial charge in [-0.25, -0.2) is 4.39 Å². The van der Waals surface area contributed by atoms with Crippen LogP contribution in [0.5, 0.6) is 5.75 Å². The van der Waals surface area contributed by atoms with Crippen molar-refractivity contribution in [3.8, 4) is 5.75 Å². The highest BCUT2D eigenvalue weighted by atomic mass is 35.5. The number of primary amides is 1. The van der Waals surface area contributed by atoms with Crippen molar-refractivity contribution in [1.29, 1.82) is 0 Å².